The van der Waals surface area contributed by atoms with E-state index in [1.165, 1.54) is 6.20 Å². The second kappa shape index (κ2) is 7.73. The zero-order valence-electron chi connectivity index (χ0n) is 14.1. The minimum absolute atomic E-state index is 0.106. The third kappa shape index (κ3) is 3.71. The first-order chi connectivity index (χ1) is 13.1. The van der Waals surface area contributed by atoms with Gasteiger partial charge in [-0.3, -0.25) is 4.79 Å². The highest BCUT2D eigenvalue weighted by molar-refractivity contribution is 6.11. The van der Waals surface area contributed by atoms with Gasteiger partial charge in [0.1, 0.15) is 23.5 Å². The normalized spacial score (nSPS) is 10.7. The summed E-state index contributed by atoms with van der Waals surface area (Å²) in [5, 5.41) is 35.1. The lowest BCUT2D eigenvalue weighted by Gasteiger charge is -2.09. The van der Waals surface area contributed by atoms with Crippen LogP contribution in [0.15, 0.2) is 72.4 Å². The fourth-order valence-corrected chi connectivity index (χ4v) is 2.60. The molecule has 0 fully saturated rings. The number of hydrogen-bond donors (Lipinski definition) is 3. The van der Waals surface area contributed by atoms with Crippen LogP contribution >= 0.6 is 0 Å². The van der Waals surface area contributed by atoms with E-state index in [9.17, 15) is 15.2 Å². The number of benzene rings is 3. The Kier molecular flexibility index (Phi) is 5.02. The topological polar surface area (TPSA) is 109 Å². The van der Waals surface area contributed by atoms with E-state index < -0.39 is 5.91 Å². The van der Waals surface area contributed by atoms with Gasteiger partial charge in [0.15, 0.2) is 0 Å². The monoisotopic (exact) mass is 354 g/mol. The van der Waals surface area contributed by atoms with Gasteiger partial charge in [-0.05, 0) is 24.3 Å². The SMILES string of the molecule is N#C/C(=C/Nc1ccccc1C#N)C(=O)Nc1cccc2c(O)cccc12. The van der Waals surface area contributed by atoms with E-state index in [0.717, 1.165) is 0 Å². The summed E-state index contributed by atoms with van der Waals surface area (Å²) < 4.78 is 0. The predicted octanol–water partition coefficient (Wildman–Crippen LogP) is 3.88. The van der Waals surface area contributed by atoms with E-state index in [4.69, 9.17) is 5.26 Å². The molecule has 3 aromatic rings. The smallest absolute Gasteiger partial charge is 0.267 e. The Bertz CT molecular complexity index is 1140. The molecule has 3 aromatic carbocycles. The first-order valence-electron chi connectivity index (χ1n) is 8.02. The predicted molar refractivity (Wildman–Crippen MR) is 103 cm³/mol. The lowest BCUT2D eigenvalue weighted by Crippen LogP contribution is -2.14. The molecule has 0 aliphatic carbocycles. The number of carbonyl (C=O) groups is 1. The van der Waals surface area contributed by atoms with Crippen LogP contribution in [0.1, 0.15) is 5.56 Å². The van der Waals surface area contributed by atoms with E-state index in [1.54, 1.807) is 60.7 Å². The number of nitrogens with zero attached hydrogens (tertiary/aromatic N) is 2. The van der Waals surface area contributed by atoms with Gasteiger partial charge in [0.2, 0.25) is 0 Å². The van der Waals surface area contributed by atoms with Crippen molar-refractivity contribution < 1.29 is 9.90 Å². The highest BCUT2D eigenvalue weighted by Crippen LogP contribution is 2.30. The maximum Gasteiger partial charge on any atom is 0.267 e. The Hall–Kier alpha value is -4.29. The zero-order valence-corrected chi connectivity index (χ0v) is 14.1. The van der Waals surface area contributed by atoms with Crippen LogP contribution in [-0.2, 0) is 4.79 Å². The van der Waals surface area contributed by atoms with Gasteiger partial charge in [0, 0.05) is 22.7 Å². The maximum atomic E-state index is 12.5. The first-order valence-corrected chi connectivity index (χ1v) is 8.02. The lowest BCUT2D eigenvalue weighted by molar-refractivity contribution is -0.112. The molecule has 3 N–H and O–H groups in total. The third-order valence-corrected chi connectivity index (χ3v) is 3.93. The summed E-state index contributed by atoms with van der Waals surface area (Å²) in [5.41, 5.74) is 1.22. The van der Waals surface area contributed by atoms with Crippen LogP contribution in [0, 0.1) is 22.7 Å². The number of phenols is 1. The summed E-state index contributed by atoms with van der Waals surface area (Å²) >= 11 is 0. The molecule has 0 bridgehead atoms. The van der Waals surface area contributed by atoms with Crippen LogP contribution in [0.4, 0.5) is 11.4 Å². The molecular formula is C21H14N4O2. The van der Waals surface area contributed by atoms with Crippen LogP contribution in [0.3, 0.4) is 0 Å². The highest BCUT2D eigenvalue weighted by atomic mass is 16.3. The summed E-state index contributed by atoms with van der Waals surface area (Å²) in [7, 11) is 0. The minimum atomic E-state index is -0.602. The summed E-state index contributed by atoms with van der Waals surface area (Å²) in [6.07, 6.45) is 1.26. The summed E-state index contributed by atoms with van der Waals surface area (Å²) in [5.74, 6) is -0.496. The van der Waals surface area contributed by atoms with E-state index in [1.807, 2.05) is 12.1 Å². The van der Waals surface area contributed by atoms with Crippen molar-refractivity contribution in [1.82, 2.24) is 0 Å². The number of amides is 1. The molecule has 6 nitrogen and oxygen atoms in total. The molecule has 1 amide bonds. The third-order valence-electron chi connectivity index (χ3n) is 3.93. The Morgan fingerprint density at radius 1 is 0.926 bits per heavy atom. The second-order valence-corrected chi connectivity index (χ2v) is 5.60. The van der Waals surface area contributed by atoms with Crippen molar-refractivity contribution in [3.8, 4) is 17.9 Å². The van der Waals surface area contributed by atoms with Crippen molar-refractivity contribution in [1.29, 1.82) is 10.5 Å². The molecule has 27 heavy (non-hydrogen) atoms. The molecule has 0 aliphatic rings. The summed E-state index contributed by atoms with van der Waals surface area (Å²) in [6, 6.07) is 20.8. The number of fused-ring (bicyclic) bond motifs is 1. The number of aromatic hydroxyl groups is 1. The lowest BCUT2D eigenvalue weighted by atomic mass is 10.1. The molecule has 0 atom stereocenters. The van der Waals surface area contributed by atoms with Gasteiger partial charge in [-0.1, -0.05) is 36.4 Å². The molecule has 6 heteroatoms. The molecule has 0 radical (unpaired) electrons. The molecule has 130 valence electrons. The van der Waals surface area contributed by atoms with Crippen LogP contribution < -0.4 is 10.6 Å². The maximum absolute atomic E-state index is 12.5. The van der Waals surface area contributed by atoms with Crippen molar-refractivity contribution >= 4 is 28.1 Å². The Balaban J connectivity index is 1.86. The number of para-hydroxylation sites is 1. The van der Waals surface area contributed by atoms with Crippen LogP contribution in [0.25, 0.3) is 10.8 Å². The van der Waals surface area contributed by atoms with Gasteiger partial charge in [-0.15, -0.1) is 0 Å². The summed E-state index contributed by atoms with van der Waals surface area (Å²) in [6.45, 7) is 0. The number of rotatable bonds is 4. The van der Waals surface area contributed by atoms with Crippen molar-refractivity contribution in [2.24, 2.45) is 0 Å². The van der Waals surface area contributed by atoms with Gasteiger partial charge >= 0.3 is 0 Å². The van der Waals surface area contributed by atoms with Crippen molar-refractivity contribution in [2.45, 2.75) is 0 Å². The average Bonchev–Trinajstić information content (AvgIpc) is 2.69. The van der Waals surface area contributed by atoms with E-state index in [2.05, 4.69) is 10.6 Å². The van der Waals surface area contributed by atoms with Crippen LogP contribution in [-0.4, -0.2) is 11.0 Å². The molecule has 0 unspecified atom stereocenters. The number of nitriles is 2. The van der Waals surface area contributed by atoms with Gasteiger partial charge in [0.05, 0.1) is 11.3 Å². The molecule has 0 aromatic heterocycles. The second-order valence-electron chi connectivity index (χ2n) is 5.60. The first kappa shape index (κ1) is 17.5. The van der Waals surface area contributed by atoms with Crippen molar-refractivity contribution in [3.05, 3.63) is 78.0 Å². The fraction of sp³-hybridized carbons (Fsp3) is 0. The van der Waals surface area contributed by atoms with Crippen LogP contribution in [0.2, 0.25) is 0 Å². The number of hydrogen-bond acceptors (Lipinski definition) is 5. The van der Waals surface area contributed by atoms with Gasteiger partial charge < -0.3 is 15.7 Å². The highest BCUT2D eigenvalue weighted by Gasteiger charge is 2.12. The van der Waals surface area contributed by atoms with Crippen molar-refractivity contribution in [2.75, 3.05) is 10.6 Å². The Morgan fingerprint density at radius 3 is 2.41 bits per heavy atom. The van der Waals surface area contributed by atoms with Crippen molar-refractivity contribution in [3.63, 3.8) is 0 Å². The van der Waals surface area contributed by atoms with Gasteiger partial charge in [-0.25, -0.2) is 0 Å². The number of carbonyl (C=O) groups excluding carboxylic acids is 1. The molecule has 0 saturated heterocycles. The Labute approximate surface area is 155 Å². The number of phenolic OH excluding ortho intramolecular Hbond substituents is 1. The fourth-order valence-electron chi connectivity index (χ4n) is 2.60. The molecule has 3 rings (SSSR count). The van der Waals surface area contributed by atoms with E-state index in [-0.39, 0.29) is 11.3 Å². The molecule has 0 aliphatic heterocycles. The molecule has 0 saturated carbocycles. The molecule has 0 spiro atoms. The molecular weight excluding hydrogens is 340 g/mol. The number of anilines is 2. The van der Waals surface area contributed by atoms with Gasteiger partial charge in [-0.2, -0.15) is 10.5 Å². The van der Waals surface area contributed by atoms with E-state index >= 15 is 0 Å². The standard InChI is InChI=1S/C21H14N4O2/c22-11-14-5-1-2-8-18(14)24-13-15(12-23)21(27)25-19-9-3-7-17-16(19)6-4-10-20(17)26/h1-10,13,24,26H,(H,25,27)/b15-13-. The largest absolute Gasteiger partial charge is 0.507 e. The zero-order chi connectivity index (χ0) is 19.2. The quantitative estimate of drug-likeness (QED) is 0.487. The van der Waals surface area contributed by atoms with Crippen LogP contribution in [0.5, 0.6) is 5.75 Å². The van der Waals surface area contributed by atoms with E-state index in [0.29, 0.717) is 27.7 Å². The Morgan fingerprint density at radius 2 is 1.63 bits per heavy atom. The minimum Gasteiger partial charge on any atom is -0.507 e. The molecule has 0 heterocycles. The average molecular weight is 354 g/mol. The van der Waals surface area contributed by atoms with Gasteiger partial charge in [0.25, 0.3) is 5.91 Å². The summed E-state index contributed by atoms with van der Waals surface area (Å²) in [4.78, 5) is 12.5. The number of nitrogens with one attached hydrogen (secondary N) is 2.